The van der Waals surface area contributed by atoms with Crippen LogP contribution in [-0.2, 0) is 9.59 Å². The van der Waals surface area contributed by atoms with E-state index in [1.54, 1.807) is 18.7 Å². The second-order valence-electron chi connectivity index (χ2n) is 6.56. The molecule has 1 heterocycles. The Morgan fingerprint density at radius 1 is 0.842 bits per heavy atom. The maximum Gasteiger partial charge on any atom is 0.242 e. The molecule has 0 spiro atoms. The van der Waals surface area contributed by atoms with Gasteiger partial charge in [0.05, 0.1) is 5.54 Å². The lowest BCUT2D eigenvalue weighted by Crippen LogP contribution is -2.58. The van der Waals surface area contributed by atoms with E-state index in [0.717, 1.165) is 0 Å². The Hall–Kier alpha value is -0.810. The number of carbonyl (C=O) groups excluding carboxylic acids is 2. The van der Waals surface area contributed by atoms with Gasteiger partial charge >= 0.3 is 0 Å². The fourth-order valence-electron chi connectivity index (χ4n) is 1.99. The topological polar surface area (TPSA) is 66.6 Å². The molecule has 0 aromatic rings. The number of hydrogen-bond donors (Lipinski definition) is 1. The summed E-state index contributed by atoms with van der Waals surface area (Å²) in [5.74, 6) is 0.0898. The second kappa shape index (κ2) is 6.09. The van der Waals surface area contributed by atoms with E-state index in [-0.39, 0.29) is 29.6 Å². The van der Waals surface area contributed by atoms with Crippen LogP contribution >= 0.6 is 12.4 Å². The van der Waals surface area contributed by atoms with Gasteiger partial charge in [-0.05, 0) is 13.8 Å². The lowest BCUT2D eigenvalue weighted by molar-refractivity contribution is -0.146. The number of piperazine rings is 1. The molecule has 1 fully saturated rings. The van der Waals surface area contributed by atoms with Crippen molar-refractivity contribution in [2.75, 3.05) is 26.2 Å². The number of halogens is 1. The summed E-state index contributed by atoms with van der Waals surface area (Å²) in [5.41, 5.74) is 4.60. The molecular formula is C13H26ClN3O2. The van der Waals surface area contributed by atoms with Crippen molar-refractivity contribution < 1.29 is 9.59 Å². The first kappa shape index (κ1) is 18.2. The van der Waals surface area contributed by atoms with Gasteiger partial charge in [-0.15, -0.1) is 12.4 Å². The molecule has 5 nitrogen and oxygen atoms in total. The van der Waals surface area contributed by atoms with Crippen molar-refractivity contribution in [1.29, 1.82) is 0 Å². The van der Waals surface area contributed by atoms with Crippen LogP contribution in [0, 0.1) is 5.41 Å². The standard InChI is InChI=1S/C13H25N3O2.ClH/c1-12(2,3)10(17)15-6-8-16(9-7-15)11(18)13(4,5)14;/h6-9,14H2,1-5H3;1H. The summed E-state index contributed by atoms with van der Waals surface area (Å²) in [5, 5.41) is 0. The van der Waals surface area contributed by atoms with E-state index in [4.69, 9.17) is 5.73 Å². The maximum absolute atomic E-state index is 12.1. The zero-order chi connectivity index (χ0) is 14.1. The summed E-state index contributed by atoms with van der Waals surface area (Å²) in [6.45, 7) is 11.5. The Labute approximate surface area is 121 Å². The van der Waals surface area contributed by atoms with Crippen molar-refractivity contribution in [3.63, 3.8) is 0 Å². The number of amides is 2. The Morgan fingerprint density at radius 3 is 1.42 bits per heavy atom. The fourth-order valence-corrected chi connectivity index (χ4v) is 1.99. The van der Waals surface area contributed by atoms with Crippen LogP contribution in [-0.4, -0.2) is 53.3 Å². The van der Waals surface area contributed by atoms with Crippen molar-refractivity contribution in [3.8, 4) is 0 Å². The molecule has 6 heteroatoms. The van der Waals surface area contributed by atoms with E-state index < -0.39 is 5.54 Å². The van der Waals surface area contributed by atoms with E-state index in [1.165, 1.54) is 0 Å². The number of hydrogen-bond acceptors (Lipinski definition) is 3. The van der Waals surface area contributed by atoms with Crippen molar-refractivity contribution in [2.24, 2.45) is 11.1 Å². The van der Waals surface area contributed by atoms with E-state index in [9.17, 15) is 9.59 Å². The van der Waals surface area contributed by atoms with E-state index in [0.29, 0.717) is 26.2 Å². The van der Waals surface area contributed by atoms with Gasteiger partial charge in [-0.25, -0.2) is 0 Å². The fraction of sp³-hybridized carbons (Fsp3) is 0.846. The third-order valence-corrected chi connectivity index (χ3v) is 3.05. The summed E-state index contributed by atoms with van der Waals surface area (Å²) >= 11 is 0. The molecule has 0 saturated carbocycles. The largest absolute Gasteiger partial charge is 0.339 e. The van der Waals surface area contributed by atoms with Crippen LogP contribution in [0.2, 0.25) is 0 Å². The quantitative estimate of drug-likeness (QED) is 0.779. The second-order valence-corrected chi connectivity index (χ2v) is 6.56. The van der Waals surface area contributed by atoms with Gasteiger partial charge < -0.3 is 15.5 Å². The van der Waals surface area contributed by atoms with Crippen LogP contribution < -0.4 is 5.73 Å². The maximum atomic E-state index is 12.1. The van der Waals surface area contributed by atoms with Crippen molar-refractivity contribution >= 4 is 24.2 Å². The van der Waals surface area contributed by atoms with Gasteiger partial charge in [-0.1, -0.05) is 20.8 Å². The molecule has 1 saturated heterocycles. The van der Waals surface area contributed by atoms with Crippen LogP contribution in [0.4, 0.5) is 0 Å². The molecule has 1 aliphatic heterocycles. The molecule has 112 valence electrons. The molecule has 0 bridgehead atoms. The Bertz CT molecular complexity index is 303. The van der Waals surface area contributed by atoms with E-state index in [1.807, 2.05) is 25.7 Å². The van der Waals surface area contributed by atoms with E-state index in [2.05, 4.69) is 0 Å². The summed E-state index contributed by atoms with van der Waals surface area (Å²) in [4.78, 5) is 27.7. The number of nitrogens with zero attached hydrogens (tertiary/aromatic N) is 2. The lowest BCUT2D eigenvalue weighted by Gasteiger charge is -2.39. The highest BCUT2D eigenvalue weighted by atomic mass is 35.5. The first-order valence-corrected chi connectivity index (χ1v) is 6.41. The molecule has 0 aromatic heterocycles. The van der Waals surface area contributed by atoms with Crippen molar-refractivity contribution in [3.05, 3.63) is 0 Å². The van der Waals surface area contributed by atoms with Crippen molar-refractivity contribution in [1.82, 2.24) is 9.80 Å². The third-order valence-electron chi connectivity index (χ3n) is 3.05. The van der Waals surface area contributed by atoms with Crippen molar-refractivity contribution in [2.45, 2.75) is 40.2 Å². The Kier molecular flexibility index (Phi) is 5.83. The van der Waals surface area contributed by atoms with Gasteiger partial charge in [0.25, 0.3) is 0 Å². The third kappa shape index (κ3) is 4.66. The first-order chi connectivity index (χ1) is 8.03. The average molecular weight is 292 g/mol. The molecule has 19 heavy (non-hydrogen) atoms. The predicted octanol–water partition coefficient (Wildman–Crippen LogP) is 0.862. The average Bonchev–Trinajstić information content (AvgIpc) is 2.25. The minimum atomic E-state index is -0.837. The van der Waals surface area contributed by atoms with E-state index >= 15 is 0 Å². The molecule has 0 atom stereocenters. The van der Waals surface area contributed by atoms with Gasteiger partial charge in [-0.3, -0.25) is 9.59 Å². The zero-order valence-electron chi connectivity index (χ0n) is 12.5. The summed E-state index contributed by atoms with van der Waals surface area (Å²) in [6, 6.07) is 0. The van der Waals surface area contributed by atoms with Gasteiger partial charge in [0.15, 0.2) is 0 Å². The summed E-state index contributed by atoms with van der Waals surface area (Å²) in [6.07, 6.45) is 0. The van der Waals surface area contributed by atoms with Gasteiger partial charge in [0, 0.05) is 31.6 Å². The van der Waals surface area contributed by atoms with Gasteiger partial charge in [-0.2, -0.15) is 0 Å². The number of rotatable bonds is 1. The summed E-state index contributed by atoms with van der Waals surface area (Å²) < 4.78 is 0. The molecule has 1 rings (SSSR count). The predicted molar refractivity (Wildman–Crippen MR) is 78.1 cm³/mol. The first-order valence-electron chi connectivity index (χ1n) is 6.41. The van der Waals surface area contributed by atoms with Crippen LogP contribution in [0.1, 0.15) is 34.6 Å². The Morgan fingerprint density at radius 2 is 1.16 bits per heavy atom. The lowest BCUT2D eigenvalue weighted by atomic mass is 9.94. The monoisotopic (exact) mass is 291 g/mol. The molecule has 0 aromatic carbocycles. The molecule has 1 aliphatic rings. The molecular weight excluding hydrogens is 266 g/mol. The SMILES string of the molecule is CC(C)(C)C(=O)N1CCN(C(=O)C(C)(C)N)CC1.Cl. The van der Waals surface area contributed by atoms with Crippen LogP contribution in [0.15, 0.2) is 0 Å². The number of nitrogens with two attached hydrogens (primary N) is 1. The normalized spacial score (nSPS) is 16.9. The highest BCUT2D eigenvalue weighted by molar-refractivity contribution is 5.86. The molecule has 0 aliphatic carbocycles. The highest BCUT2D eigenvalue weighted by Crippen LogP contribution is 2.19. The number of carbonyl (C=O) groups is 2. The molecule has 2 amide bonds. The van der Waals surface area contributed by atoms with Gasteiger partial charge in [0.1, 0.15) is 0 Å². The minimum absolute atomic E-state index is 0. The smallest absolute Gasteiger partial charge is 0.242 e. The van der Waals surface area contributed by atoms with Crippen LogP contribution in [0.3, 0.4) is 0 Å². The summed E-state index contributed by atoms with van der Waals surface area (Å²) in [7, 11) is 0. The zero-order valence-corrected chi connectivity index (χ0v) is 13.3. The van der Waals surface area contributed by atoms with Crippen LogP contribution in [0.25, 0.3) is 0 Å². The van der Waals surface area contributed by atoms with Gasteiger partial charge in [0.2, 0.25) is 11.8 Å². The Balaban J connectivity index is 0.00000324. The molecule has 0 radical (unpaired) electrons. The highest BCUT2D eigenvalue weighted by Gasteiger charge is 2.33. The van der Waals surface area contributed by atoms with Crippen LogP contribution in [0.5, 0.6) is 0 Å². The molecule has 0 unspecified atom stereocenters. The minimum Gasteiger partial charge on any atom is -0.339 e. The molecule has 2 N–H and O–H groups in total.